The Morgan fingerprint density at radius 3 is 2.05 bits per heavy atom. The lowest BCUT2D eigenvalue weighted by Crippen LogP contribution is -2.38. The molecule has 41 heavy (non-hydrogen) atoms. The minimum absolute atomic E-state index is 0.00860. The highest BCUT2D eigenvalue weighted by Crippen LogP contribution is 2.30. The summed E-state index contributed by atoms with van der Waals surface area (Å²) in [5.41, 5.74) is 0.870. The van der Waals surface area contributed by atoms with Crippen molar-refractivity contribution in [1.82, 2.24) is 39.6 Å². The average molecular weight is 585 g/mol. The zero-order valence-electron chi connectivity index (χ0n) is 23.6. The number of carbonyl (C=O) groups is 1. The molecule has 4 aromatic rings. The topological polar surface area (TPSA) is 85.0 Å². The lowest BCUT2D eigenvalue weighted by atomic mass is 9.95. The van der Waals surface area contributed by atoms with Gasteiger partial charge in [0.05, 0.1) is 12.4 Å². The van der Waals surface area contributed by atoms with Crippen molar-refractivity contribution < 1.29 is 13.6 Å². The molecule has 12 heteroatoms. The van der Waals surface area contributed by atoms with E-state index >= 15 is 0 Å². The van der Waals surface area contributed by atoms with Crippen molar-refractivity contribution in [2.45, 2.75) is 46.1 Å². The van der Waals surface area contributed by atoms with Gasteiger partial charge in [0.1, 0.15) is 24.0 Å². The Balaban J connectivity index is 0.000000493. The molecule has 0 spiro atoms. The van der Waals surface area contributed by atoms with Crippen molar-refractivity contribution in [1.29, 1.82) is 0 Å². The summed E-state index contributed by atoms with van der Waals surface area (Å²) in [5.74, 6) is -0.449. The second kappa shape index (κ2) is 14.3. The Hall–Kier alpha value is -3.70. The van der Waals surface area contributed by atoms with Crippen molar-refractivity contribution >= 4 is 17.5 Å². The number of hydrogen-bond donors (Lipinski definition) is 0. The lowest BCUT2D eigenvalue weighted by Gasteiger charge is -2.32. The fourth-order valence-corrected chi connectivity index (χ4v) is 5.02. The van der Waals surface area contributed by atoms with Crippen LogP contribution < -0.4 is 0 Å². The number of aromatic nitrogens is 6. The highest BCUT2D eigenvalue weighted by atomic mass is 35.5. The van der Waals surface area contributed by atoms with Crippen molar-refractivity contribution in [2.24, 2.45) is 0 Å². The van der Waals surface area contributed by atoms with Gasteiger partial charge in [-0.15, -0.1) is 10.2 Å². The Labute approximate surface area is 243 Å². The number of nitrogens with zero attached hydrogens (tertiary/aromatic N) is 8. The molecule has 2 aromatic heterocycles. The molecule has 1 aliphatic heterocycles. The second-order valence-corrected chi connectivity index (χ2v) is 10.1. The highest BCUT2D eigenvalue weighted by Gasteiger charge is 2.29. The standard InChI is InChI=1S/C23H20ClF2N7O.C6H15N/c24-17-1-3-20(4-2-17)33-21(14-32-27-7-8-28-32)29-30-22(33)15-5-9-31(10-6-15)23(34)16-11-18(25)13-19(26)12-16;1-4-7(5-2)6-3/h1-4,7-8,11-13,15H,5-6,9-10,14H2;4-6H2,1-3H3. The van der Waals surface area contributed by atoms with E-state index in [0.717, 1.165) is 29.7 Å². The number of halogens is 3. The summed E-state index contributed by atoms with van der Waals surface area (Å²) in [6, 6.07) is 10.3. The van der Waals surface area contributed by atoms with Crippen molar-refractivity contribution in [2.75, 3.05) is 32.7 Å². The van der Waals surface area contributed by atoms with E-state index in [9.17, 15) is 13.6 Å². The molecule has 0 saturated carbocycles. The van der Waals surface area contributed by atoms with E-state index in [1.165, 1.54) is 24.4 Å². The largest absolute Gasteiger partial charge is 0.339 e. The smallest absolute Gasteiger partial charge is 0.254 e. The first-order valence-corrected chi connectivity index (χ1v) is 14.2. The molecule has 1 saturated heterocycles. The van der Waals surface area contributed by atoms with Gasteiger partial charge in [-0.1, -0.05) is 32.4 Å². The number of amides is 1. The first-order chi connectivity index (χ1) is 19.8. The lowest BCUT2D eigenvalue weighted by molar-refractivity contribution is 0.0709. The van der Waals surface area contributed by atoms with E-state index in [-0.39, 0.29) is 17.4 Å². The van der Waals surface area contributed by atoms with Crippen LogP contribution in [0.5, 0.6) is 0 Å². The van der Waals surface area contributed by atoms with Crippen LogP contribution in [0.4, 0.5) is 8.78 Å². The molecule has 1 amide bonds. The molecule has 3 heterocycles. The fraction of sp³-hybridized carbons (Fsp3) is 0.414. The van der Waals surface area contributed by atoms with E-state index in [2.05, 4.69) is 46.1 Å². The average Bonchev–Trinajstić information content (AvgIpc) is 3.65. The maximum atomic E-state index is 13.6. The number of hydrogen-bond acceptors (Lipinski definition) is 6. The molecule has 1 fully saturated rings. The normalized spacial score (nSPS) is 13.8. The van der Waals surface area contributed by atoms with Crippen LogP contribution in [0.25, 0.3) is 5.69 Å². The van der Waals surface area contributed by atoms with Crippen molar-refractivity contribution in [3.63, 3.8) is 0 Å². The zero-order chi connectivity index (χ0) is 29.4. The summed E-state index contributed by atoms with van der Waals surface area (Å²) in [6.07, 6.45) is 4.47. The van der Waals surface area contributed by atoms with E-state index < -0.39 is 11.6 Å². The van der Waals surface area contributed by atoms with E-state index in [1.807, 2.05) is 16.7 Å². The summed E-state index contributed by atoms with van der Waals surface area (Å²) in [7, 11) is 0. The van der Waals surface area contributed by atoms with Gasteiger partial charge in [-0.05, 0) is 68.9 Å². The van der Waals surface area contributed by atoms with Gasteiger partial charge in [-0.3, -0.25) is 9.36 Å². The van der Waals surface area contributed by atoms with Crippen LogP contribution in [0.2, 0.25) is 5.02 Å². The molecule has 1 aliphatic rings. The van der Waals surface area contributed by atoms with Gasteiger partial charge in [0, 0.05) is 41.3 Å². The second-order valence-electron chi connectivity index (χ2n) is 9.69. The summed E-state index contributed by atoms with van der Waals surface area (Å²) in [6.45, 7) is 11.3. The van der Waals surface area contributed by atoms with Crippen LogP contribution in [0.3, 0.4) is 0 Å². The Bertz CT molecular complexity index is 1370. The Morgan fingerprint density at radius 2 is 1.51 bits per heavy atom. The molecule has 9 nitrogen and oxygen atoms in total. The molecular weight excluding hydrogens is 550 g/mol. The summed E-state index contributed by atoms with van der Waals surface area (Å²) >= 11 is 6.08. The number of piperidine rings is 1. The predicted molar refractivity (Wildman–Crippen MR) is 153 cm³/mol. The Morgan fingerprint density at radius 1 is 0.927 bits per heavy atom. The summed E-state index contributed by atoms with van der Waals surface area (Å²) < 4.78 is 29.1. The third-order valence-corrected chi connectivity index (χ3v) is 7.44. The van der Waals surface area contributed by atoms with Crippen LogP contribution in [0, 0.1) is 11.6 Å². The van der Waals surface area contributed by atoms with Crippen LogP contribution in [0.15, 0.2) is 54.9 Å². The van der Waals surface area contributed by atoms with Crippen LogP contribution in [0.1, 0.15) is 61.5 Å². The number of rotatable bonds is 8. The first-order valence-electron chi connectivity index (χ1n) is 13.8. The summed E-state index contributed by atoms with van der Waals surface area (Å²) in [4.78, 5) is 18.3. The highest BCUT2D eigenvalue weighted by molar-refractivity contribution is 6.30. The van der Waals surface area contributed by atoms with E-state index in [0.29, 0.717) is 43.3 Å². The maximum Gasteiger partial charge on any atom is 0.254 e. The molecular formula is C29H35ClF2N8O. The molecule has 0 N–H and O–H groups in total. The molecule has 0 radical (unpaired) electrons. The third kappa shape index (κ3) is 7.74. The van der Waals surface area contributed by atoms with Gasteiger partial charge >= 0.3 is 0 Å². The SMILES string of the molecule is CCN(CC)CC.O=C(c1cc(F)cc(F)c1)N1CCC(c2nnc(Cn3nccn3)n2-c2ccc(Cl)cc2)CC1. The molecule has 0 atom stereocenters. The molecule has 218 valence electrons. The molecule has 0 aliphatic carbocycles. The van der Waals surface area contributed by atoms with Crippen LogP contribution >= 0.6 is 11.6 Å². The first kappa shape index (κ1) is 30.3. The van der Waals surface area contributed by atoms with E-state index in [4.69, 9.17) is 11.6 Å². The van der Waals surface area contributed by atoms with Gasteiger partial charge in [0.2, 0.25) is 0 Å². The predicted octanol–water partition coefficient (Wildman–Crippen LogP) is 5.21. The van der Waals surface area contributed by atoms with Gasteiger partial charge in [0.15, 0.2) is 5.82 Å². The summed E-state index contributed by atoms with van der Waals surface area (Å²) in [5, 5.41) is 17.8. The van der Waals surface area contributed by atoms with Crippen LogP contribution in [-0.4, -0.2) is 78.2 Å². The monoisotopic (exact) mass is 584 g/mol. The van der Waals surface area contributed by atoms with Crippen molar-refractivity contribution in [3.8, 4) is 5.69 Å². The fourth-order valence-electron chi connectivity index (χ4n) is 4.89. The van der Waals surface area contributed by atoms with Gasteiger partial charge in [-0.25, -0.2) is 8.78 Å². The maximum absolute atomic E-state index is 13.6. The van der Waals surface area contributed by atoms with E-state index in [1.54, 1.807) is 29.4 Å². The van der Waals surface area contributed by atoms with Gasteiger partial charge in [0.25, 0.3) is 5.91 Å². The van der Waals surface area contributed by atoms with Crippen molar-refractivity contribution in [3.05, 3.63) is 88.7 Å². The molecule has 0 unspecified atom stereocenters. The molecule has 0 bridgehead atoms. The third-order valence-electron chi connectivity index (χ3n) is 7.19. The van der Waals surface area contributed by atoms with Gasteiger partial charge < -0.3 is 9.80 Å². The number of benzene rings is 2. The van der Waals surface area contributed by atoms with Crippen LogP contribution in [-0.2, 0) is 6.54 Å². The number of carbonyl (C=O) groups excluding carboxylic acids is 1. The number of likely N-dealkylation sites (tertiary alicyclic amines) is 1. The minimum atomic E-state index is -0.770. The Kier molecular flexibility index (Phi) is 10.5. The minimum Gasteiger partial charge on any atom is -0.339 e. The van der Waals surface area contributed by atoms with Gasteiger partial charge in [-0.2, -0.15) is 15.0 Å². The molecule has 2 aromatic carbocycles. The quantitative estimate of drug-likeness (QED) is 0.283. The zero-order valence-corrected chi connectivity index (χ0v) is 24.3. The molecule has 5 rings (SSSR count).